The molecule has 0 radical (unpaired) electrons. The summed E-state index contributed by atoms with van der Waals surface area (Å²) in [6.45, 7) is 10.8. The summed E-state index contributed by atoms with van der Waals surface area (Å²) in [5.41, 5.74) is 0. The summed E-state index contributed by atoms with van der Waals surface area (Å²) in [6, 6.07) is 1.57. The molecule has 2 heteroatoms. The molecular formula is C15H32N2. The minimum Gasteiger partial charge on any atom is -0.317 e. The molecule has 0 aromatic rings. The summed E-state index contributed by atoms with van der Waals surface area (Å²) >= 11 is 0. The van der Waals surface area contributed by atoms with Crippen LogP contribution in [0.2, 0.25) is 0 Å². The lowest BCUT2D eigenvalue weighted by atomic mass is 10.1. The zero-order valence-electron chi connectivity index (χ0n) is 12.2. The zero-order chi connectivity index (χ0) is 12.5. The van der Waals surface area contributed by atoms with E-state index in [1.54, 1.807) is 0 Å². The van der Waals surface area contributed by atoms with Crippen LogP contribution >= 0.6 is 0 Å². The van der Waals surface area contributed by atoms with Crippen LogP contribution < -0.4 is 5.32 Å². The van der Waals surface area contributed by atoms with E-state index >= 15 is 0 Å². The lowest BCUT2D eigenvalue weighted by Gasteiger charge is -2.33. The van der Waals surface area contributed by atoms with Crippen molar-refractivity contribution in [2.75, 3.05) is 19.6 Å². The Bertz CT molecular complexity index is 182. The zero-order valence-corrected chi connectivity index (χ0v) is 12.2. The lowest BCUT2D eigenvalue weighted by Crippen LogP contribution is -2.40. The molecular weight excluding hydrogens is 208 g/mol. The molecule has 2 atom stereocenters. The average Bonchev–Trinajstić information content (AvgIpc) is 2.53. The van der Waals surface area contributed by atoms with E-state index in [0.29, 0.717) is 0 Å². The maximum absolute atomic E-state index is 3.50. The van der Waals surface area contributed by atoms with Gasteiger partial charge in [-0.05, 0) is 65.6 Å². The molecule has 102 valence electrons. The van der Waals surface area contributed by atoms with Gasteiger partial charge in [0.1, 0.15) is 0 Å². The maximum atomic E-state index is 3.50. The third kappa shape index (κ3) is 5.87. The molecule has 1 saturated heterocycles. The van der Waals surface area contributed by atoms with Crippen LogP contribution in [0.25, 0.3) is 0 Å². The van der Waals surface area contributed by atoms with Crippen molar-refractivity contribution in [2.24, 2.45) is 0 Å². The monoisotopic (exact) mass is 240 g/mol. The summed E-state index contributed by atoms with van der Waals surface area (Å²) in [4.78, 5) is 2.74. The third-order valence-electron chi connectivity index (χ3n) is 4.07. The van der Waals surface area contributed by atoms with E-state index in [-0.39, 0.29) is 0 Å². The Balaban J connectivity index is 2.18. The van der Waals surface area contributed by atoms with Gasteiger partial charge in [0.05, 0.1) is 0 Å². The van der Waals surface area contributed by atoms with Crippen LogP contribution in [0.15, 0.2) is 0 Å². The molecule has 1 N–H and O–H groups in total. The summed E-state index contributed by atoms with van der Waals surface area (Å²) in [6.07, 6.45) is 9.60. The van der Waals surface area contributed by atoms with Crippen LogP contribution in [-0.2, 0) is 0 Å². The van der Waals surface area contributed by atoms with Crippen molar-refractivity contribution in [3.63, 3.8) is 0 Å². The van der Waals surface area contributed by atoms with E-state index in [0.717, 1.165) is 12.1 Å². The summed E-state index contributed by atoms with van der Waals surface area (Å²) in [5, 5.41) is 3.50. The molecule has 0 aliphatic carbocycles. The van der Waals surface area contributed by atoms with E-state index < -0.39 is 0 Å². The van der Waals surface area contributed by atoms with Crippen molar-refractivity contribution in [2.45, 2.75) is 77.8 Å². The number of rotatable bonds is 7. The van der Waals surface area contributed by atoms with Crippen molar-refractivity contribution in [3.05, 3.63) is 0 Å². The van der Waals surface area contributed by atoms with Crippen LogP contribution in [0.3, 0.4) is 0 Å². The highest BCUT2D eigenvalue weighted by atomic mass is 15.2. The van der Waals surface area contributed by atoms with Gasteiger partial charge in [-0.3, -0.25) is 4.90 Å². The van der Waals surface area contributed by atoms with Gasteiger partial charge in [0.2, 0.25) is 0 Å². The number of likely N-dealkylation sites (tertiary alicyclic amines) is 1. The second-order valence-corrected chi connectivity index (χ2v) is 5.68. The van der Waals surface area contributed by atoms with E-state index in [2.05, 4.69) is 31.0 Å². The molecule has 1 heterocycles. The smallest absolute Gasteiger partial charge is 0.00702 e. The van der Waals surface area contributed by atoms with Crippen LogP contribution in [0.5, 0.6) is 0 Å². The predicted molar refractivity (Wildman–Crippen MR) is 76.5 cm³/mol. The Morgan fingerprint density at radius 2 is 2.06 bits per heavy atom. The molecule has 0 saturated carbocycles. The molecule has 1 aliphatic heterocycles. The fraction of sp³-hybridized carbons (Fsp3) is 1.00. The predicted octanol–water partition coefficient (Wildman–Crippen LogP) is 3.42. The minimum absolute atomic E-state index is 0.770. The van der Waals surface area contributed by atoms with Gasteiger partial charge in [-0.2, -0.15) is 0 Å². The Morgan fingerprint density at radius 3 is 2.82 bits per heavy atom. The SMILES string of the molecule is CCCNCCCC(C)N1CCCCCC1C. The quantitative estimate of drug-likeness (QED) is 0.686. The van der Waals surface area contributed by atoms with Crippen LogP contribution in [0, 0.1) is 0 Å². The van der Waals surface area contributed by atoms with E-state index in [9.17, 15) is 0 Å². The Morgan fingerprint density at radius 1 is 1.24 bits per heavy atom. The topological polar surface area (TPSA) is 15.3 Å². The maximum Gasteiger partial charge on any atom is 0.00702 e. The standard InChI is InChI=1S/C15H32N2/c1-4-11-16-12-8-10-15(3)17-13-7-5-6-9-14(17)2/h14-16H,4-13H2,1-3H3. The van der Waals surface area contributed by atoms with Gasteiger partial charge in [0.25, 0.3) is 0 Å². The van der Waals surface area contributed by atoms with E-state index in [4.69, 9.17) is 0 Å². The van der Waals surface area contributed by atoms with Crippen LogP contribution in [0.1, 0.15) is 65.7 Å². The molecule has 1 rings (SSSR count). The Kier molecular flexibility index (Phi) is 7.87. The van der Waals surface area contributed by atoms with Gasteiger partial charge in [-0.25, -0.2) is 0 Å². The number of nitrogens with one attached hydrogen (secondary N) is 1. The van der Waals surface area contributed by atoms with Gasteiger partial charge in [0, 0.05) is 12.1 Å². The highest BCUT2D eigenvalue weighted by molar-refractivity contribution is 4.76. The Hall–Kier alpha value is -0.0800. The first kappa shape index (κ1) is 15.0. The first-order valence-electron chi connectivity index (χ1n) is 7.72. The van der Waals surface area contributed by atoms with Crippen molar-refractivity contribution >= 4 is 0 Å². The Labute approximate surface area is 108 Å². The second-order valence-electron chi connectivity index (χ2n) is 5.68. The summed E-state index contributed by atoms with van der Waals surface area (Å²) < 4.78 is 0. The molecule has 2 unspecified atom stereocenters. The van der Waals surface area contributed by atoms with Gasteiger partial charge in [-0.15, -0.1) is 0 Å². The van der Waals surface area contributed by atoms with Gasteiger partial charge in [0.15, 0.2) is 0 Å². The van der Waals surface area contributed by atoms with Crippen molar-refractivity contribution in [3.8, 4) is 0 Å². The molecule has 0 bridgehead atoms. The summed E-state index contributed by atoms with van der Waals surface area (Å²) in [7, 11) is 0. The number of nitrogens with zero attached hydrogens (tertiary/aromatic N) is 1. The molecule has 0 aromatic heterocycles. The van der Waals surface area contributed by atoms with Gasteiger partial charge in [-0.1, -0.05) is 19.8 Å². The first-order valence-corrected chi connectivity index (χ1v) is 7.72. The molecule has 0 spiro atoms. The molecule has 0 amide bonds. The molecule has 1 fully saturated rings. The highest BCUT2D eigenvalue weighted by Gasteiger charge is 2.21. The van der Waals surface area contributed by atoms with Crippen molar-refractivity contribution in [1.82, 2.24) is 10.2 Å². The fourth-order valence-corrected chi connectivity index (χ4v) is 2.94. The number of hydrogen-bond donors (Lipinski definition) is 1. The first-order chi connectivity index (χ1) is 8.25. The molecule has 2 nitrogen and oxygen atoms in total. The number of hydrogen-bond acceptors (Lipinski definition) is 2. The second kappa shape index (κ2) is 8.93. The molecule has 1 aliphatic rings. The lowest BCUT2D eigenvalue weighted by molar-refractivity contribution is 0.148. The molecule has 0 aromatic carbocycles. The largest absolute Gasteiger partial charge is 0.317 e. The fourth-order valence-electron chi connectivity index (χ4n) is 2.94. The van der Waals surface area contributed by atoms with E-state index in [1.165, 1.54) is 64.6 Å². The third-order valence-corrected chi connectivity index (χ3v) is 4.07. The van der Waals surface area contributed by atoms with Crippen molar-refractivity contribution in [1.29, 1.82) is 0 Å². The molecule has 17 heavy (non-hydrogen) atoms. The normalized spacial score (nSPS) is 24.5. The summed E-state index contributed by atoms with van der Waals surface area (Å²) in [5.74, 6) is 0. The average molecular weight is 240 g/mol. The highest BCUT2D eigenvalue weighted by Crippen LogP contribution is 2.20. The van der Waals surface area contributed by atoms with Crippen LogP contribution in [-0.4, -0.2) is 36.6 Å². The van der Waals surface area contributed by atoms with Gasteiger partial charge >= 0.3 is 0 Å². The van der Waals surface area contributed by atoms with E-state index in [1.807, 2.05) is 0 Å². The van der Waals surface area contributed by atoms with Crippen LogP contribution in [0.4, 0.5) is 0 Å². The van der Waals surface area contributed by atoms with Crippen molar-refractivity contribution < 1.29 is 0 Å². The minimum atomic E-state index is 0.770. The van der Waals surface area contributed by atoms with Gasteiger partial charge < -0.3 is 5.32 Å².